The molecule has 0 spiro atoms. The van der Waals surface area contributed by atoms with E-state index in [9.17, 15) is 13.2 Å². The largest absolute Gasteiger partial charge is 0.462 e. The van der Waals surface area contributed by atoms with Gasteiger partial charge >= 0.3 is 16.2 Å². The molecule has 0 unspecified atom stereocenters. The maximum Gasteiger partial charge on any atom is 0.340 e. The minimum absolute atomic E-state index is 0.184. The molecule has 2 aromatic rings. The van der Waals surface area contributed by atoms with Crippen LogP contribution in [0.25, 0.3) is 11.0 Å². The number of aromatic nitrogens is 2. The molecule has 0 aliphatic heterocycles. The van der Waals surface area contributed by atoms with E-state index in [-0.39, 0.29) is 29.2 Å². The highest BCUT2D eigenvalue weighted by Gasteiger charge is 2.28. The van der Waals surface area contributed by atoms with Crippen molar-refractivity contribution in [3.05, 3.63) is 23.8 Å². The van der Waals surface area contributed by atoms with Gasteiger partial charge in [0.1, 0.15) is 5.52 Å². The summed E-state index contributed by atoms with van der Waals surface area (Å²) in [4.78, 5) is 16.1. The Balaban J connectivity index is 2.67. The summed E-state index contributed by atoms with van der Waals surface area (Å²) in [6.45, 7) is 6.24. The van der Waals surface area contributed by atoms with Crippen molar-refractivity contribution in [2.75, 3.05) is 25.4 Å². The van der Waals surface area contributed by atoms with Gasteiger partial charge in [-0.3, -0.25) is 0 Å². The highest BCUT2D eigenvalue weighted by Crippen LogP contribution is 2.25. The standard InChI is InChI=1S/C15H22N4O4S/c1-4-10-18(5-2)24(21,22)19-12-9-7-8-11(14(20)23-6-3)13(12)17-15(19)16/h7-9H,4-6,10H2,1-3H3,(H2,16,17). The molecule has 0 bridgehead atoms. The Morgan fingerprint density at radius 1 is 1.33 bits per heavy atom. The highest BCUT2D eigenvalue weighted by atomic mass is 32.2. The van der Waals surface area contributed by atoms with Crippen molar-refractivity contribution in [1.29, 1.82) is 0 Å². The summed E-state index contributed by atoms with van der Waals surface area (Å²) in [5, 5.41) is 0. The van der Waals surface area contributed by atoms with Gasteiger partial charge < -0.3 is 10.5 Å². The van der Waals surface area contributed by atoms with Gasteiger partial charge in [0.15, 0.2) is 0 Å². The summed E-state index contributed by atoms with van der Waals surface area (Å²) in [7, 11) is -3.87. The van der Waals surface area contributed by atoms with Crippen molar-refractivity contribution in [2.45, 2.75) is 27.2 Å². The minimum atomic E-state index is -3.87. The molecule has 0 aliphatic carbocycles. The molecule has 2 N–H and O–H groups in total. The summed E-state index contributed by atoms with van der Waals surface area (Å²) in [5.74, 6) is -0.748. The van der Waals surface area contributed by atoms with Crippen LogP contribution in [-0.4, -0.2) is 47.3 Å². The zero-order chi connectivity index (χ0) is 17.9. The predicted octanol–water partition coefficient (Wildman–Crippen LogP) is 1.62. The van der Waals surface area contributed by atoms with Crippen LogP contribution in [0, 0.1) is 0 Å². The molecule has 9 heteroatoms. The van der Waals surface area contributed by atoms with Crippen molar-refractivity contribution < 1.29 is 17.9 Å². The average Bonchev–Trinajstić information content (AvgIpc) is 2.88. The lowest BCUT2D eigenvalue weighted by atomic mass is 10.2. The predicted molar refractivity (Wildman–Crippen MR) is 92.0 cm³/mol. The molecule has 132 valence electrons. The van der Waals surface area contributed by atoms with Crippen molar-refractivity contribution in [2.24, 2.45) is 0 Å². The second kappa shape index (κ2) is 7.18. The summed E-state index contributed by atoms with van der Waals surface area (Å²) >= 11 is 0. The smallest absolute Gasteiger partial charge is 0.340 e. The molecule has 1 aromatic heterocycles. The molecule has 0 saturated carbocycles. The molecule has 0 amide bonds. The number of rotatable bonds is 7. The van der Waals surface area contributed by atoms with Gasteiger partial charge in [-0.25, -0.2) is 9.78 Å². The van der Waals surface area contributed by atoms with E-state index in [0.717, 1.165) is 3.97 Å². The Labute approximate surface area is 141 Å². The van der Waals surface area contributed by atoms with Gasteiger partial charge in [0.25, 0.3) is 0 Å². The number of fused-ring (bicyclic) bond motifs is 1. The molecule has 24 heavy (non-hydrogen) atoms. The SMILES string of the molecule is CCCN(CC)S(=O)(=O)n1c(N)nc2c(C(=O)OCC)cccc21. The minimum Gasteiger partial charge on any atom is -0.462 e. The topological polar surface area (TPSA) is 108 Å². The van der Waals surface area contributed by atoms with Gasteiger partial charge in [-0.1, -0.05) is 19.9 Å². The van der Waals surface area contributed by atoms with Crippen LogP contribution in [0.1, 0.15) is 37.6 Å². The van der Waals surface area contributed by atoms with E-state index in [1.165, 1.54) is 10.4 Å². The molecule has 0 aliphatic rings. The van der Waals surface area contributed by atoms with Gasteiger partial charge in [0.05, 0.1) is 17.7 Å². The molecule has 0 saturated heterocycles. The van der Waals surface area contributed by atoms with Gasteiger partial charge in [-0.15, -0.1) is 0 Å². The monoisotopic (exact) mass is 354 g/mol. The van der Waals surface area contributed by atoms with Crippen molar-refractivity contribution in [3.63, 3.8) is 0 Å². The molecule has 0 radical (unpaired) electrons. The number of esters is 1. The van der Waals surface area contributed by atoms with Crippen LogP contribution in [0.3, 0.4) is 0 Å². The first-order valence-electron chi connectivity index (χ1n) is 7.83. The summed E-state index contributed by atoms with van der Waals surface area (Å²) in [5.41, 5.74) is 6.52. The Hall–Kier alpha value is -2.13. The van der Waals surface area contributed by atoms with E-state index >= 15 is 0 Å². The van der Waals surface area contributed by atoms with Gasteiger partial charge in [0.2, 0.25) is 5.95 Å². The number of nitrogens with zero attached hydrogens (tertiary/aromatic N) is 3. The zero-order valence-electron chi connectivity index (χ0n) is 14.0. The van der Waals surface area contributed by atoms with Crippen molar-refractivity contribution in [3.8, 4) is 0 Å². The average molecular weight is 354 g/mol. The summed E-state index contributed by atoms with van der Waals surface area (Å²) in [6.07, 6.45) is 0.674. The van der Waals surface area contributed by atoms with Gasteiger partial charge in [-0.05, 0) is 25.5 Å². The normalized spacial score (nSPS) is 12.0. The zero-order valence-corrected chi connectivity index (χ0v) is 14.8. The van der Waals surface area contributed by atoms with E-state index in [1.54, 1.807) is 26.0 Å². The van der Waals surface area contributed by atoms with Crippen LogP contribution in [-0.2, 0) is 14.9 Å². The third kappa shape index (κ3) is 3.09. The second-order valence-corrected chi connectivity index (χ2v) is 6.90. The van der Waals surface area contributed by atoms with E-state index < -0.39 is 16.2 Å². The van der Waals surface area contributed by atoms with Crippen LogP contribution < -0.4 is 5.73 Å². The Bertz CT molecular complexity index is 845. The number of anilines is 1. The van der Waals surface area contributed by atoms with E-state index in [4.69, 9.17) is 10.5 Å². The van der Waals surface area contributed by atoms with Gasteiger partial charge in [-0.2, -0.15) is 16.7 Å². The first-order valence-corrected chi connectivity index (χ1v) is 9.22. The van der Waals surface area contributed by atoms with E-state index in [2.05, 4.69) is 4.98 Å². The van der Waals surface area contributed by atoms with Crippen molar-refractivity contribution in [1.82, 2.24) is 13.3 Å². The van der Waals surface area contributed by atoms with Crippen LogP contribution >= 0.6 is 0 Å². The maximum atomic E-state index is 12.9. The number of benzene rings is 1. The third-order valence-corrected chi connectivity index (χ3v) is 5.48. The first kappa shape index (κ1) is 18.2. The fourth-order valence-electron chi connectivity index (χ4n) is 2.51. The molecule has 2 rings (SSSR count). The molecule has 8 nitrogen and oxygen atoms in total. The number of hydrogen-bond acceptors (Lipinski definition) is 6. The molecule has 0 atom stereocenters. The highest BCUT2D eigenvalue weighted by molar-refractivity contribution is 7.87. The Morgan fingerprint density at radius 2 is 2.04 bits per heavy atom. The van der Waals surface area contributed by atoms with Crippen LogP contribution in [0.4, 0.5) is 5.95 Å². The second-order valence-electron chi connectivity index (χ2n) is 5.13. The lowest BCUT2D eigenvalue weighted by molar-refractivity contribution is 0.0528. The van der Waals surface area contributed by atoms with E-state index in [0.29, 0.717) is 19.5 Å². The molecular weight excluding hydrogens is 332 g/mol. The number of carbonyl (C=O) groups is 1. The Morgan fingerprint density at radius 3 is 2.62 bits per heavy atom. The molecule has 1 heterocycles. The third-order valence-electron chi connectivity index (χ3n) is 3.55. The van der Waals surface area contributed by atoms with Gasteiger partial charge in [0, 0.05) is 13.1 Å². The maximum absolute atomic E-state index is 12.9. The number of imidazole rings is 1. The number of hydrogen-bond donors (Lipinski definition) is 1. The number of nitrogen functional groups attached to an aromatic ring is 1. The van der Waals surface area contributed by atoms with E-state index in [1.807, 2.05) is 6.92 Å². The number of nitrogens with two attached hydrogens (primary N) is 1. The Kier molecular flexibility index (Phi) is 5.45. The fourth-order valence-corrected chi connectivity index (χ4v) is 4.16. The van der Waals surface area contributed by atoms with Crippen LogP contribution in [0.2, 0.25) is 0 Å². The van der Waals surface area contributed by atoms with Crippen LogP contribution in [0.15, 0.2) is 18.2 Å². The number of carbonyl (C=O) groups excluding carboxylic acids is 1. The molecular formula is C15H22N4O4S. The van der Waals surface area contributed by atoms with Crippen LogP contribution in [0.5, 0.6) is 0 Å². The lowest BCUT2D eigenvalue weighted by Gasteiger charge is -2.21. The quantitative estimate of drug-likeness (QED) is 0.757. The fraction of sp³-hybridized carbons (Fsp3) is 0.467. The van der Waals surface area contributed by atoms with Crippen molar-refractivity contribution >= 4 is 33.2 Å². The first-order chi connectivity index (χ1) is 11.4. The lowest BCUT2D eigenvalue weighted by Crippen LogP contribution is -2.36. The summed E-state index contributed by atoms with van der Waals surface area (Å²) in [6, 6.07) is 4.68. The molecule has 1 aromatic carbocycles. The number of ether oxygens (including phenoxy) is 1. The summed E-state index contributed by atoms with van der Waals surface area (Å²) < 4.78 is 33.1. The molecule has 0 fully saturated rings. The number of para-hydroxylation sites is 1.